The van der Waals surface area contributed by atoms with Gasteiger partial charge in [0.05, 0.1) is 16.8 Å². The fourth-order valence-electron chi connectivity index (χ4n) is 6.44. The van der Waals surface area contributed by atoms with Gasteiger partial charge in [0.15, 0.2) is 5.82 Å². The van der Waals surface area contributed by atoms with Crippen molar-refractivity contribution in [1.82, 2.24) is 9.97 Å². The van der Waals surface area contributed by atoms with Crippen molar-refractivity contribution < 1.29 is 0 Å². The van der Waals surface area contributed by atoms with E-state index >= 15 is 0 Å². The molecule has 2 heteroatoms. The van der Waals surface area contributed by atoms with Crippen molar-refractivity contribution in [2.45, 2.75) is 5.41 Å². The standard InChI is InChI=1S/C35H22N2/c1-3-13-23(14-4-1)32-31-27-19-9-12-22-30(27)35(33(31)37-34(36-32)24-15-5-2-6-16-24)28-20-10-7-17-25(28)26-18-8-11-21-29(26)35/h1-22H. The molecule has 1 spiro atoms. The highest BCUT2D eigenvalue weighted by Gasteiger charge is 2.53. The van der Waals surface area contributed by atoms with Crippen LogP contribution in [0.3, 0.4) is 0 Å². The molecule has 0 unspecified atom stereocenters. The molecular weight excluding hydrogens is 448 g/mol. The third kappa shape index (κ3) is 2.65. The lowest BCUT2D eigenvalue weighted by Gasteiger charge is -2.29. The minimum atomic E-state index is -0.491. The van der Waals surface area contributed by atoms with E-state index in [1.807, 2.05) is 6.07 Å². The molecule has 2 aliphatic rings. The van der Waals surface area contributed by atoms with Crippen LogP contribution in [0.4, 0.5) is 0 Å². The minimum Gasteiger partial charge on any atom is -0.231 e. The second-order valence-electron chi connectivity index (χ2n) is 9.74. The molecule has 0 aliphatic heterocycles. The van der Waals surface area contributed by atoms with E-state index < -0.39 is 5.41 Å². The number of nitrogens with zero attached hydrogens (tertiary/aromatic N) is 2. The van der Waals surface area contributed by atoms with E-state index in [1.165, 1.54) is 33.4 Å². The van der Waals surface area contributed by atoms with Crippen LogP contribution in [0.25, 0.3) is 44.9 Å². The van der Waals surface area contributed by atoms with Gasteiger partial charge in [0.25, 0.3) is 0 Å². The Morgan fingerprint density at radius 2 is 0.865 bits per heavy atom. The Labute approximate surface area is 216 Å². The van der Waals surface area contributed by atoms with Crippen LogP contribution in [0.2, 0.25) is 0 Å². The molecule has 6 aromatic rings. The van der Waals surface area contributed by atoms with Crippen molar-refractivity contribution in [2.24, 2.45) is 0 Å². The maximum absolute atomic E-state index is 5.45. The summed E-state index contributed by atoms with van der Waals surface area (Å²) in [6, 6.07) is 47.4. The molecule has 172 valence electrons. The largest absolute Gasteiger partial charge is 0.231 e. The van der Waals surface area contributed by atoms with Gasteiger partial charge in [-0.25, -0.2) is 9.97 Å². The Balaban J connectivity index is 1.58. The average molecular weight is 471 g/mol. The van der Waals surface area contributed by atoms with Gasteiger partial charge in [-0.2, -0.15) is 0 Å². The third-order valence-corrected chi connectivity index (χ3v) is 7.90. The predicted octanol–water partition coefficient (Wildman–Crippen LogP) is 8.15. The lowest BCUT2D eigenvalue weighted by Crippen LogP contribution is -2.27. The van der Waals surface area contributed by atoms with E-state index in [0.29, 0.717) is 0 Å². The van der Waals surface area contributed by atoms with Crippen molar-refractivity contribution in [2.75, 3.05) is 0 Å². The number of hydrogen-bond donors (Lipinski definition) is 0. The van der Waals surface area contributed by atoms with Crippen molar-refractivity contribution in [3.8, 4) is 44.9 Å². The Morgan fingerprint density at radius 1 is 0.405 bits per heavy atom. The van der Waals surface area contributed by atoms with Crippen LogP contribution in [0.5, 0.6) is 0 Å². The summed E-state index contributed by atoms with van der Waals surface area (Å²) >= 11 is 0. The first-order chi connectivity index (χ1) is 18.4. The molecule has 2 nitrogen and oxygen atoms in total. The van der Waals surface area contributed by atoms with Crippen molar-refractivity contribution in [3.05, 3.63) is 156 Å². The summed E-state index contributed by atoms with van der Waals surface area (Å²) in [6.07, 6.45) is 0. The summed E-state index contributed by atoms with van der Waals surface area (Å²) in [6.45, 7) is 0. The first-order valence-corrected chi connectivity index (χ1v) is 12.7. The van der Waals surface area contributed by atoms with Gasteiger partial charge in [-0.05, 0) is 33.4 Å². The zero-order chi connectivity index (χ0) is 24.4. The molecule has 0 saturated heterocycles. The Morgan fingerprint density at radius 3 is 1.46 bits per heavy atom. The van der Waals surface area contributed by atoms with Crippen LogP contribution in [0, 0.1) is 0 Å². The van der Waals surface area contributed by atoms with E-state index in [9.17, 15) is 0 Å². The molecule has 0 bridgehead atoms. The Bertz CT molecular complexity index is 1770. The van der Waals surface area contributed by atoms with E-state index in [2.05, 4.69) is 127 Å². The first-order valence-electron chi connectivity index (χ1n) is 12.7. The van der Waals surface area contributed by atoms with Gasteiger partial charge in [-0.3, -0.25) is 0 Å². The van der Waals surface area contributed by atoms with Crippen molar-refractivity contribution >= 4 is 0 Å². The maximum atomic E-state index is 5.45. The lowest BCUT2D eigenvalue weighted by atomic mass is 9.72. The number of fused-ring (bicyclic) bond motifs is 10. The topological polar surface area (TPSA) is 25.8 Å². The third-order valence-electron chi connectivity index (χ3n) is 7.90. The molecule has 1 aromatic heterocycles. The van der Waals surface area contributed by atoms with Crippen LogP contribution in [-0.4, -0.2) is 9.97 Å². The molecular formula is C35H22N2. The molecule has 0 saturated carbocycles. The van der Waals surface area contributed by atoms with E-state index in [4.69, 9.17) is 9.97 Å². The summed E-state index contributed by atoms with van der Waals surface area (Å²) in [5.74, 6) is 0.757. The predicted molar refractivity (Wildman–Crippen MR) is 149 cm³/mol. The zero-order valence-electron chi connectivity index (χ0n) is 20.1. The van der Waals surface area contributed by atoms with Gasteiger partial charge in [0.2, 0.25) is 0 Å². The van der Waals surface area contributed by atoms with E-state index in [-0.39, 0.29) is 0 Å². The molecule has 0 N–H and O–H groups in total. The maximum Gasteiger partial charge on any atom is 0.160 e. The van der Waals surface area contributed by atoms with Crippen molar-refractivity contribution in [3.63, 3.8) is 0 Å². The summed E-state index contributed by atoms with van der Waals surface area (Å²) in [7, 11) is 0. The van der Waals surface area contributed by atoms with Gasteiger partial charge in [-0.15, -0.1) is 0 Å². The SMILES string of the molecule is c1ccc(-c2nc(-c3ccccc3)c3c(n2)C2(c4ccccc4-c4ccccc42)c2ccccc2-3)cc1. The van der Waals surface area contributed by atoms with Gasteiger partial charge in [0, 0.05) is 16.7 Å². The van der Waals surface area contributed by atoms with Crippen LogP contribution in [-0.2, 0) is 5.41 Å². The molecule has 0 amide bonds. The fraction of sp³-hybridized carbons (Fsp3) is 0.0286. The van der Waals surface area contributed by atoms with Crippen LogP contribution >= 0.6 is 0 Å². The normalized spacial score (nSPS) is 13.6. The second-order valence-corrected chi connectivity index (χ2v) is 9.74. The highest BCUT2D eigenvalue weighted by molar-refractivity contribution is 5.98. The molecule has 0 atom stereocenters. The van der Waals surface area contributed by atoms with Gasteiger partial charge < -0.3 is 0 Å². The quantitative estimate of drug-likeness (QED) is 0.255. The van der Waals surface area contributed by atoms with Crippen LogP contribution < -0.4 is 0 Å². The number of hydrogen-bond acceptors (Lipinski definition) is 2. The molecule has 5 aromatic carbocycles. The molecule has 1 heterocycles. The lowest BCUT2D eigenvalue weighted by molar-refractivity contribution is 0.758. The minimum absolute atomic E-state index is 0.491. The monoisotopic (exact) mass is 470 g/mol. The smallest absolute Gasteiger partial charge is 0.160 e. The van der Waals surface area contributed by atoms with Gasteiger partial charge in [-0.1, -0.05) is 133 Å². The summed E-state index contributed by atoms with van der Waals surface area (Å²) < 4.78 is 0. The number of benzene rings is 5. The fourth-order valence-corrected chi connectivity index (χ4v) is 6.44. The molecule has 8 rings (SSSR count). The number of aromatic nitrogens is 2. The zero-order valence-corrected chi connectivity index (χ0v) is 20.1. The highest BCUT2D eigenvalue weighted by atomic mass is 14.9. The van der Waals surface area contributed by atoms with Crippen LogP contribution in [0.1, 0.15) is 22.4 Å². The van der Waals surface area contributed by atoms with Gasteiger partial charge >= 0.3 is 0 Å². The van der Waals surface area contributed by atoms with Crippen molar-refractivity contribution in [1.29, 1.82) is 0 Å². The second kappa shape index (κ2) is 7.59. The Hall–Kier alpha value is -4.82. The molecule has 0 fully saturated rings. The van der Waals surface area contributed by atoms with E-state index in [0.717, 1.165) is 33.9 Å². The Kier molecular flexibility index (Phi) is 4.18. The summed E-state index contributed by atoms with van der Waals surface area (Å²) in [5.41, 5.74) is 12.4. The molecule has 37 heavy (non-hydrogen) atoms. The molecule has 2 aliphatic carbocycles. The van der Waals surface area contributed by atoms with Gasteiger partial charge in [0.1, 0.15) is 0 Å². The summed E-state index contributed by atoms with van der Waals surface area (Å²) in [4.78, 5) is 10.7. The summed E-state index contributed by atoms with van der Waals surface area (Å²) in [5, 5.41) is 0. The first kappa shape index (κ1) is 20.4. The van der Waals surface area contributed by atoms with Crippen LogP contribution in [0.15, 0.2) is 133 Å². The number of rotatable bonds is 2. The molecule has 0 radical (unpaired) electrons. The average Bonchev–Trinajstić information content (AvgIpc) is 3.45. The van der Waals surface area contributed by atoms with E-state index in [1.54, 1.807) is 0 Å². The highest BCUT2D eigenvalue weighted by Crippen LogP contribution is 2.63.